The predicted molar refractivity (Wildman–Crippen MR) is 91.7 cm³/mol. The van der Waals surface area contributed by atoms with Gasteiger partial charge in [-0.25, -0.2) is 0 Å². The molecule has 0 saturated carbocycles. The van der Waals surface area contributed by atoms with Crippen molar-refractivity contribution in [2.75, 3.05) is 6.54 Å². The van der Waals surface area contributed by atoms with Crippen molar-refractivity contribution >= 4 is 17.5 Å². The Hall–Kier alpha value is -2.66. The molecule has 0 aliphatic carbocycles. The second-order valence-electron chi connectivity index (χ2n) is 5.70. The Morgan fingerprint density at radius 3 is 2.62 bits per heavy atom. The summed E-state index contributed by atoms with van der Waals surface area (Å²) in [4.78, 5) is 18.8. The van der Waals surface area contributed by atoms with Crippen molar-refractivity contribution in [3.63, 3.8) is 0 Å². The Kier molecular flexibility index (Phi) is 3.78. The van der Waals surface area contributed by atoms with Crippen LogP contribution >= 0.6 is 11.6 Å². The monoisotopic (exact) mass is 338 g/mol. The molecule has 0 atom stereocenters. The molecule has 5 nitrogen and oxygen atoms in total. The number of amides is 1. The van der Waals surface area contributed by atoms with E-state index in [0.717, 1.165) is 17.1 Å². The van der Waals surface area contributed by atoms with Crippen LogP contribution in [0.25, 0.3) is 11.4 Å². The van der Waals surface area contributed by atoms with Gasteiger partial charge in [0.1, 0.15) is 5.69 Å². The van der Waals surface area contributed by atoms with E-state index < -0.39 is 0 Å². The van der Waals surface area contributed by atoms with E-state index in [9.17, 15) is 4.79 Å². The zero-order valence-corrected chi connectivity index (χ0v) is 13.6. The molecule has 0 fully saturated rings. The van der Waals surface area contributed by atoms with Crippen LogP contribution in [0.15, 0.2) is 54.7 Å². The lowest BCUT2D eigenvalue weighted by molar-refractivity contribution is 0.0706. The summed E-state index contributed by atoms with van der Waals surface area (Å²) in [5.74, 6) is 0.0502. The Balaban J connectivity index is 1.57. The SMILES string of the molecule is O=C(c1ccccc1)N1CCn2nc(-c3ccc(Cl)cn3)cc2C1. The lowest BCUT2D eigenvalue weighted by Gasteiger charge is -2.27. The number of rotatable bonds is 2. The maximum absolute atomic E-state index is 12.6. The molecule has 0 bridgehead atoms. The minimum Gasteiger partial charge on any atom is -0.331 e. The normalized spacial score (nSPS) is 13.6. The highest BCUT2D eigenvalue weighted by molar-refractivity contribution is 6.30. The Morgan fingerprint density at radius 1 is 1.04 bits per heavy atom. The van der Waals surface area contributed by atoms with E-state index in [2.05, 4.69) is 10.1 Å². The summed E-state index contributed by atoms with van der Waals surface area (Å²) in [6.45, 7) is 1.88. The fourth-order valence-corrected chi connectivity index (χ4v) is 2.97. The lowest BCUT2D eigenvalue weighted by atomic mass is 10.1. The number of pyridine rings is 1. The molecule has 6 heteroatoms. The van der Waals surface area contributed by atoms with Gasteiger partial charge in [-0.1, -0.05) is 29.8 Å². The fraction of sp³-hybridized carbons (Fsp3) is 0.167. The van der Waals surface area contributed by atoms with Crippen molar-refractivity contribution in [2.24, 2.45) is 0 Å². The second kappa shape index (κ2) is 6.09. The summed E-state index contributed by atoms with van der Waals surface area (Å²) in [7, 11) is 0. The van der Waals surface area contributed by atoms with Crippen LogP contribution in [-0.2, 0) is 13.1 Å². The van der Waals surface area contributed by atoms with Gasteiger partial charge < -0.3 is 4.90 Å². The molecule has 2 aromatic heterocycles. The molecule has 1 aromatic carbocycles. The maximum Gasteiger partial charge on any atom is 0.254 e. The third kappa shape index (κ3) is 2.78. The molecular weight excluding hydrogens is 324 g/mol. The van der Waals surface area contributed by atoms with Gasteiger partial charge in [-0.05, 0) is 30.3 Å². The number of fused-ring (bicyclic) bond motifs is 1. The zero-order chi connectivity index (χ0) is 16.5. The average Bonchev–Trinajstić information content (AvgIpc) is 3.05. The molecule has 24 heavy (non-hydrogen) atoms. The smallest absolute Gasteiger partial charge is 0.254 e. The van der Waals surface area contributed by atoms with Crippen LogP contribution in [-0.4, -0.2) is 32.1 Å². The summed E-state index contributed by atoms with van der Waals surface area (Å²) < 4.78 is 1.94. The number of aromatic nitrogens is 3. The highest BCUT2D eigenvalue weighted by Crippen LogP contribution is 2.22. The van der Waals surface area contributed by atoms with E-state index in [4.69, 9.17) is 11.6 Å². The largest absolute Gasteiger partial charge is 0.331 e. The molecule has 1 aliphatic rings. The van der Waals surface area contributed by atoms with Crippen LogP contribution in [0.2, 0.25) is 5.02 Å². The van der Waals surface area contributed by atoms with Crippen LogP contribution in [0.4, 0.5) is 0 Å². The van der Waals surface area contributed by atoms with Crippen LogP contribution in [0.3, 0.4) is 0 Å². The van der Waals surface area contributed by atoms with E-state index >= 15 is 0 Å². The number of nitrogens with zero attached hydrogens (tertiary/aromatic N) is 4. The van der Waals surface area contributed by atoms with Crippen molar-refractivity contribution in [1.29, 1.82) is 0 Å². The Labute approximate surface area is 144 Å². The van der Waals surface area contributed by atoms with Gasteiger partial charge in [0.05, 0.1) is 29.5 Å². The Bertz CT molecular complexity index is 874. The first-order chi connectivity index (χ1) is 11.7. The fourth-order valence-electron chi connectivity index (χ4n) is 2.86. The van der Waals surface area contributed by atoms with Gasteiger partial charge in [-0.3, -0.25) is 14.5 Å². The van der Waals surface area contributed by atoms with Gasteiger partial charge in [0.25, 0.3) is 5.91 Å². The van der Waals surface area contributed by atoms with Crippen molar-refractivity contribution in [3.8, 4) is 11.4 Å². The zero-order valence-electron chi connectivity index (χ0n) is 12.9. The predicted octanol–water partition coefficient (Wildman–Crippen LogP) is 3.25. The summed E-state index contributed by atoms with van der Waals surface area (Å²) in [6, 6.07) is 15.0. The quantitative estimate of drug-likeness (QED) is 0.720. The maximum atomic E-state index is 12.6. The number of benzene rings is 1. The van der Waals surface area contributed by atoms with Gasteiger partial charge in [0.2, 0.25) is 0 Å². The molecule has 3 heterocycles. The van der Waals surface area contributed by atoms with E-state index in [1.54, 1.807) is 12.3 Å². The standard InChI is InChI=1S/C18H15ClN4O/c19-14-6-7-16(20-11-14)17-10-15-12-22(8-9-23(15)21-17)18(24)13-4-2-1-3-5-13/h1-7,10-11H,8-9,12H2. The molecule has 0 N–H and O–H groups in total. The van der Waals surface area contributed by atoms with Crippen LogP contribution < -0.4 is 0 Å². The summed E-state index contributed by atoms with van der Waals surface area (Å²) in [5, 5.41) is 5.19. The summed E-state index contributed by atoms with van der Waals surface area (Å²) in [5.41, 5.74) is 3.31. The molecule has 0 radical (unpaired) electrons. The average molecular weight is 339 g/mol. The highest BCUT2D eigenvalue weighted by Gasteiger charge is 2.23. The number of carbonyl (C=O) groups excluding carboxylic acids is 1. The highest BCUT2D eigenvalue weighted by atomic mass is 35.5. The van der Waals surface area contributed by atoms with Gasteiger partial charge >= 0.3 is 0 Å². The molecule has 0 saturated heterocycles. The van der Waals surface area contributed by atoms with E-state index in [0.29, 0.717) is 30.2 Å². The van der Waals surface area contributed by atoms with Crippen molar-refractivity contribution in [1.82, 2.24) is 19.7 Å². The molecule has 120 valence electrons. The van der Waals surface area contributed by atoms with Crippen LogP contribution in [0.5, 0.6) is 0 Å². The molecular formula is C18H15ClN4O. The summed E-state index contributed by atoms with van der Waals surface area (Å²) in [6.07, 6.45) is 1.61. The van der Waals surface area contributed by atoms with Crippen LogP contribution in [0, 0.1) is 0 Å². The first-order valence-electron chi connectivity index (χ1n) is 7.74. The molecule has 0 unspecified atom stereocenters. The number of carbonyl (C=O) groups is 1. The van der Waals surface area contributed by atoms with Crippen molar-refractivity contribution in [2.45, 2.75) is 13.1 Å². The first kappa shape index (κ1) is 14.9. The van der Waals surface area contributed by atoms with Crippen molar-refractivity contribution in [3.05, 3.63) is 71.0 Å². The topological polar surface area (TPSA) is 51.0 Å². The van der Waals surface area contributed by atoms with E-state index in [1.165, 1.54) is 0 Å². The molecule has 4 rings (SSSR count). The third-order valence-corrected chi connectivity index (χ3v) is 4.32. The van der Waals surface area contributed by atoms with Gasteiger partial charge in [0.15, 0.2) is 0 Å². The molecule has 3 aromatic rings. The van der Waals surface area contributed by atoms with Gasteiger partial charge in [-0.15, -0.1) is 0 Å². The minimum atomic E-state index is 0.0502. The van der Waals surface area contributed by atoms with Crippen molar-refractivity contribution < 1.29 is 4.79 Å². The second-order valence-corrected chi connectivity index (χ2v) is 6.13. The number of halogens is 1. The lowest BCUT2D eigenvalue weighted by Crippen LogP contribution is -2.38. The molecule has 0 spiro atoms. The Morgan fingerprint density at radius 2 is 1.88 bits per heavy atom. The summed E-state index contributed by atoms with van der Waals surface area (Å²) >= 11 is 5.88. The van der Waals surface area contributed by atoms with Crippen LogP contribution in [0.1, 0.15) is 16.1 Å². The van der Waals surface area contributed by atoms with E-state index in [-0.39, 0.29) is 5.91 Å². The third-order valence-electron chi connectivity index (χ3n) is 4.10. The van der Waals surface area contributed by atoms with Gasteiger partial charge in [-0.2, -0.15) is 5.10 Å². The van der Waals surface area contributed by atoms with Gasteiger partial charge in [0, 0.05) is 18.3 Å². The van der Waals surface area contributed by atoms with E-state index in [1.807, 2.05) is 52.0 Å². The number of hydrogen-bond acceptors (Lipinski definition) is 3. The molecule has 1 amide bonds. The minimum absolute atomic E-state index is 0.0502. The first-order valence-corrected chi connectivity index (χ1v) is 8.11. The number of hydrogen-bond donors (Lipinski definition) is 0. The molecule has 1 aliphatic heterocycles.